The number of carboxylic acid groups (broad SMARTS) is 1. The van der Waals surface area contributed by atoms with Crippen LogP contribution in [0.15, 0.2) is 18.2 Å². The predicted molar refractivity (Wildman–Crippen MR) is 114 cm³/mol. The monoisotopic (exact) mass is 400 g/mol. The standard InChI is InChI=1S/C25H36O4/c1-20-18-21(8-4-2-6-12-24(14-15-24)23(27)28)10-11-22(20)9-5-3-7-13-25(16-17-25)29-19-26/h10-11,18-19H,2-9,12-17H2,1H3,(H,27,28). The molecule has 1 N–H and O–H groups in total. The second kappa shape index (κ2) is 9.77. The lowest BCUT2D eigenvalue weighted by atomic mass is 9.95. The largest absolute Gasteiger partial charge is 0.481 e. The minimum atomic E-state index is -0.593. The van der Waals surface area contributed by atoms with Gasteiger partial charge in [-0.1, -0.05) is 37.5 Å². The Labute approximate surface area is 175 Å². The van der Waals surface area contributed by atoms with Crippen molar-refractivity contribution in [3.63, 3.8) is 0 Å². The molecule has 0 radical (unpaired) electrons. The number of carboxylic acids is 1. The van der Waals surface area contributed by atoms with Gasteiger partial charge in [-0.05, 0) is 94.2 Å². The number of benzene rings is 1. The number of rotatable bonds is 15. The molecule has 0 saturated heterocycles. The summed E-state index contributed by atoms with van der Waals surface area (Å²) in [5.41, 5.74) is 3.75. The van der Waals surface area contributed by atoms with E-state index in [2.05, 4.69) is 25.1 Å². The van der Waals surface area contributed by atoms with Crippen LogP contribution >= 0.6 is 0 Å². The topological polar surface area (TPSA) is 63.6 Å². The highest BCUT2D eigenvalue weighted by atomic mass is 16.5. The number of aryl methyl sites for hydroxylation is 3. The fourth-order valence-electron chi connectivity index (χ4n) is 4.49. The predicted octanol–water partition coefficient (Wildman–Crippen LogP) is 5.77. The highest BCUT2D eigenvalue weighted by Crippen LogP contribution is 2.50. The minimum absolute atomic E-state index is 0.105. The van der Waals surface area contributed by atoms with E-state index in [1.165, 1.54) is 29.5 Å². The van der Waals surface area contributed by atoms with Gasteiger partial charge in [-0.2, -0.15) is 0 Å². The summed E-state index contributed by atoms with van der Waals surface area (Å²) in [6.45, 7) is 2.82. The van der Waals surface area contributed by atoms with Gasteiger partial charge in [-0.15, -0.1) is 0 Å². The van der Waals surface area contributed by atoms with Crippen LogP contribution < -0.4 is 0 Å². The molecule has 160 valence electrons. The number of carbonyl (C=O) groups is 2. The summed E-state index contributed by atoms with van der Waals surface area (Å²) in [4.78, 5) is 21.7. The Bertz CT molecular complexity index is 701. The normalized spacial score (nSPS) is 18.2. The fraction of sp³-hybridized carbons (Fsp3) is 0.680. The number of hydrogen-bond acceptors (Lipinski definition) is 3. The van der Waals surface area contributed by atoms with Crippen LogP contribution in [0.3, 0.4) is 0 Å². The second-order valence-electron chi connectivity index (χ2n) is 9.36. The first-order chi connectivity index (χ1) is 14.0. The van der Waals surface area contributed by atoms with E-state index in [0.717, 1.165) is 77.0 Å². The van der Waals surface area contributed by atoms with Crippen molar-refractivity contribution in [3.05, 3.63) is 34.9 Å². The van der Waals surface area contributed by atoms with Gasteiger partial charge in [0.05, 0.1) is 5.41 Å². The quantitative estimate of drug-likeness (QED) is 0.300. The van der Waals surface area contributed by atoms with Crippen LogP contribution in [-0.2, 0) is 27.2 Å². The van der Waals surface area contributed by atoms with Gasteiger partial charge in [-0.25, -0.2) is 0 Å². The molecule has 1 aromatic carbocycles. The van der Waals surface area contributed by atoms with E-state index >= 15 is 0 Å². The lowest BCUT2D eigenvalue weighted by Crippen LogP contribution is -2.14. The molecule has 0 atom stereocenters. The van der Waals surface area contributed by atoms with Gasteiger partial charge in [0, 0.05) is 0 Å². The molecule has 4 heteroatoms. The van der Waals surface area contributed by atoms with E-state index in [0.29, 0.717) is 6.47 Å². The number of unbranched alkanes of at least 4 members (excludes halogenated alkanes) is 4. The van der Waals surface area contributed by atoms with Crippen LogP contribution in [0.5, 0.6) is 0 Å². The maximum atomic E-state index is 11.2. The molecule has 2 saturated carbocycles. The zero-order valence-corrected chi connectivity index (χ0v) is 17.9. The zero-order valence-electron chi connectivity index (χ0n) is 17.9. The summed E-state index contributed by atoms with van der Waals surface area (Å²) in [7, 11) is 0. The third-order valence-electron chi connectivity index (χ3n) is 7.02. The van der Waals surface area contributed by atoms with Crippen molar-refractivity contribution >= 4 is 12.4 Å². The molecule has 0 spiro atoms. The average molecular weight is 401 g/mol. The highest BCUT2D eigenvalue weighted by Gasteiger charge is 2.49. The van der Waals surface area contributed by atoms with Crippen molar-refractivity contribution in [2.45, 2.75) is 102 Å². The summed E-state index contributed by atoms with van der Waals surface area (Å²) in [6.07, 6.45) is 14.7. The molecule has 0 aromatic heterocycles. The summed E-state index contributed by atoms with van der Waals surface area (Å²) in [5.74, 6) is -0.593. The van der Waals surface area contributed by atoms with Gasteiger partial charge in [0.25, 0.3) is 6.47 Å². The Morgan fingerprint density at radius 1 is 1.00 bits per heavy atom. The molecule has 3 rings (SSSR count). The van der Waals surface area contributed by atoms with Crippen LogP contribution in [0.2, 0.25) is 0 Å². The van der Waals surface area contributed by atoms with E-state index in [1.54, 1.807) is 0 Å². The highest BCUT2D eigenvalue weighted by molar-refractivity contribution is 5.77. The SMILES string of the molecule is Cc1cc(CCCCCC2(C(=O)O)CC2)ccc1CCCCCC1(OC=O)CC1. The smallest absolute Gasteiger partial charge is 0.309 e. The average Bonchev–Trinajstić information content (AvgIpc) is 3.60. The van der Waals surface area contributed by atoms with Crippen LogP contribution in [0, 0.1) is 12.3 Å². The molecule has 4 nitrogen and oxygen atoms in total. The summed E-state index contributed by atoms with van der Waals surface area (Å²) in [5, 5.41) is 9.23. The molecule has 2 aliphatic rings. The van der Waals surface area contributed by atoms with Crippen molar-refractivity contribution in [1.82, 2.24) is 0 Å². The Morgan fingerprint density at radius 3 is 2.28 bits per heavy atom. The van der Waals surface area contributed by atoms with Gasteiger partial charge < -0.3 is 9.84 Å². The molecule has 29 heavy (non-hydrogen) atoms. The van der Waals surface area contributed by atoms with E-state index in [4.69, 9.17) is 4.74 Å². The van der Waals surface area contributed by atoms with E-state index in [1.807, 2.05) is 0 Å². The Hall–Kier alpha value is -1.84. The summed E-state index contributed by atoms with van der Waals surface area (Å²) < 4.78 is 5.21. The second-order valence-corrected chi connectivity index (χ2v) is 9.36. The molecule has 0 heterocycles. The molecule has 1 aromatic rings. The number of ether oxygens (including phenoxy) is 1. The van der Waals surface area contributed by atoms with Crippen molar-refractivity contribution in [1.29, 1.82) is 0 Å². The molecule has 0 amide bonds. The molecule has 0 unspecified atom stereocenters. The first-order valence-electron chi connectivity index (χ1n) is 11.4. The number of hydrogen-bond donors (Lipinski definition) is 1. The first-order valence-corrected chi connectivity index (χ1v) is 11.4. The lowest BCUT2D eigenvalue weighted by Gasteiger charge is -2.13. The van der Waals surface area contributed by atoms with E-state index in [9.17, 15) is 14.7 Å². The minimum Gasteiger partial charge on any atom is -0.481 e. The summed E-state index contributed by atoms with van der Waals surface area (Å²) in [6, 6.07) is 6.87. The number of carbonyl (C=O) groups excluding carboxylic acids is 1. The van der Waals surface area contributed by atoms with Crippen molar-refractivity contribution in [2.75, 3.05) is 0 Å². The Morgan fingerprint density at radius 2 is 1.69 bits per heavy atom. The third kappa shape index (κ3) is 6.32. The fourth-order valence-corrected chi connectivity index (χ4v) is 4.49. The van der Waals surface area contributed by atoms with E-state index < -0.39 is 5.97 Å². The van der Waals surface area contributed by atoms with Gasteiger partial charge in [0.15, 0.2) is 0 Å². The van der Waals surface area contributed by atoms with Gasteiger partial charge in [0.1, 0.15) is 5.60 Å². The first kappa shape index (κ1) is 21.9. The van der Waals surface area contributed by atoms with Crippen LogP contribution in [0.1, 0.15) is 93.7 Å². The van der Waals surface area contributed by atoms with Crippen LogP contribution in [-0.4, -0.2) is 23.1 Å². The number of aliphatic carboxylic acids is 1. The lowest BCUT2D eigenvalue weighted by molar-refractivity contribution is -0.143. The summed E-state index contributed by atoms with van der Waals surface area (Å²) >= 11 is 0. The third-order valence-corrected chi connectivity index (χ3v) is 7.02. The van der Waals surface area contributed by atoms with Gasteiger partial charge >= 0.3 is 5.97 Å². The maximum Gasteiger partial charge on any atom is 0.309 e. The van der Waals surface area contributed by atoms with Gasteiger partial charge in [0.2, 0.25) is 0 Å². The molecule has 2 aliphatic carbocycles. The maximum absolute atomic E-state index is 11.2. The molecule has 0 aliphatic heterocycles. The van der Waals surface area contributed by atoms with Gasteiger partial charge in [-0.3, -0.25) is 9.59 Å². The van der Waals surface area contributed by atoms with Crippen molar-refractivity contribution in [3.8, 4) is 0 Å². The Balaban J connectivity index is 1.29. The molecule has 0 bridgehead atoms. The van der Waals surface area contributed by atoms with Crippen LogP contribution in [0.25, 0.3) is 0 Å². The van der Waals surface area contributed by atoms with Crippen molar-refractivity contribution in [2.24, 2.45) is 5.41 Å². The van der Waals surface area contributed by atoms with Crippen LogP contribution in [0.4, 0.5) is 0 Å². The zero-order chi connectivity index (χ0) is 20.7. The molecular formula is C25H36O4. The molecule has 2 fully saturated rings. The van der Waals surface area contributed by atoms with E-state index in [-0.39, 0.29) is 11.0 Å². The Kier molecular flexibility index (Phi) is 7.37. The van der Waals surface area contributed by atoms with Crippen molar-refractivity contribution < 1.29 is 19.4 Å². The molecular weight excluding hydrogens is 364 g/mol.